The van der Waals surface area contributed by atoms with Crippen LogP contribution < -0.4 is 15.8 Å². The summed E-state index contributed by atoms with van der Waals surface area (Å²) < 4.78 is 5.73. The molecule has 1 amide bonds. The number of nitrogens with one attached hydrogen (secondary N) is 1. The number of phenols is 1. The Balaban J connectivity index is 1.61. The van der Waals surface area contributed by atoms with Gasteiger partial charge in [-0.2, -0.15) is 0 Å². The van der Waals surface area contributed by atoms with Crippen LogP contribution in [0.15, 0.2) is 23.0 Å². The van der Waals surface area contributed by atoms with Gasteiger partial charge in [-0.25, -0.2) is 0 Å². The Labute approximate surface area is 225 Å². The van der Waals surface area contributed by atoms with E-state index in [2.05, 4.69) is 5.32 Å². The summed E-state index contributed by atoms with van der Waals surface area (Å²) in [7, 11) is 4.63. The van der Waals surface area contributed by atoms with Gasteiger partial charge in [0.2, 0.25) is 5.78 Å². The van der Waals surface area contributed by atoms with Crippen LogP contribution in [0.5, 0.6) is 11.5 Å². The van der Waals surface area contributed by atoms with Crippen molar-refractivity contribution in [2.24, 2.45) is 23.5 Å². The van der Waals surface area contributed by atoms with Crippen molar-refractivity contribution in [3.05, 3.63) is 39.7 Å². The van der Waals surface area contributed by atoms with Crippen LogP contribution >= 0.6 is 0 Å². The van der Waals surface area contributed by atoms with Gasteiger partial charge in [-0.1, -0.05) is 6.42 Å². The van der Waals surface area contributed by atoms with Gasteiger partial charge in [-0.15, -0.1) is 0 Å². The summed E-state index contributed by atoms with van der Waals surface area (Å²) in [4.78, 5) is 40.7. The zero-order valence-electron chi connectivity index (χ0n) is 22.3. The summed E-state index contributed by atoms with van der Waals surface area (Å²) in [5, 5.41) is 48.3. The fraction of sp³-hybridized carbons (Fsp3) is 0.536. The molecule has 11 heteroatoms. The molecule has 0 spiro atoms. The highest BCUT2D eigenvalue weighted by Crippen LogP contribution is 2.54. The average molecular weight is 542 g/mol. The van der Waals surface area contributed by atoms with E-state index in [9.17, 15) is 34.8 Å². The van der Waals surface area contributed by atoms with Crippen LogP contribution in [-0.2, 0) is 27.3 Å². The minimum Gasteiger partial charge on any atom is -0.508 e. The van der Waals surface area contributed by atoms with Crippen LogP contribution in [0.4, 0.5) is 0 Å². The molecule has 2 saturated carbocycles. The fourth-order valence-electron chi connectivity index (χ4n) is 6.85. The molecule has 2 fully saturated rings. The number of primary amides is 1. The van der Waals surface area contributed by atoms with E-state index in [0.717, 1.165) is 6.54 Å². The molecule has 0 bridgehead atoms. The molecule has 11 nitrogen and oxygen atoms in total. The number of aromatic hydroxyl groups is 1. The van der Waals surface area contributed by atoms with Crippen LogP contribution in [0.2, 0.25) is 0 Å². The second kappa shape index (κ2) is 9.65. The average Bonchev–Trinajstić information content (AvgIpc) is 2.82. The van der Waals surface area contributed by atoms with Crippen molar-refractivity contribution in [3.8, 4) is 11.5 Å². The van der Waals surface area contributed by atoms with Gasteiger partial charge in [0.15, 0.2) is 11.4 Å². The topological polar surface area (TPSA) is 183 Å². The highest BCUT2D eigenvalue weighted by Gasteiger charge is 2.64. The molecule has 1 aromatic carbocycles. The van der Waals surface area contributed by atoms with E-state index in [1.807, 2.05) is 0 Å². The predicted molar refractivity (Wildman–Crippen MR) is 140 cm³/mol. The molecule has 4 aliphatic rings. The van der Waals surface area contributed by atoms with Gasteiger partial charge >= 0.3 is 0 Å². The summed E-state index contributed by atoms with van der Waals surface area (Å²) in [5.41, 5.74) is 2.92. The Morgan fingerprint density at radius 1 is 1.23 bits per heavy atom. The number of rotatable bonds is 7. The normalized spacial score (nSPS) is 28.7. The van der Waals surface area contributed by atoms with E-state index in [0.29, 0.717) is 29.3 Å². The summed E-state index contributed by atoms with van der Waals surface area (Å²) in [5.74, 6) is -5.63. The molecule has 4 atom stereocenters. The van der Waals surface area contributed by atoms with Crippen LogP contribution in [0.25, 0.3) is 5.76 Å². The first-order valence-electron chi connectivity index (χ1n) is 13.2. The maximum absolute atomic E-state index is 13.9. The number of hydrogen-bond donors (Lipinski definition) is 6. The number of carbonyl (C=O) groups is 3. The number of benzene rings is 1. The van der Waals surface area contributed by atoms with Crippen molar-refractivity contribution in [2.45, 2.75) is 50.3 Å². The summed E-state index contributed by atoms with van der Waals surface area (Å²) in [6, 6.07) is 0.358. The summed E-state index contributed by atoms with van der Waals surface area (Å²) in [6.45, 7) is 1.29. The van der Waals surface area contributed by atoms with Crippen molar-refractivity contribution in [1.82, 2.24) is 10.2 Å². The molecule has 5 rings (SSSR count). The Hall–Kier alpha value is -3.41. The van der Waals surface area contributed by atoms with Gasteiger partial charge in [-0.3, -0.25) is 19.3 Å². The highest BCUT2D eigenvalue weighted by atomic mass is 16.5. The third-order valence-corrected chi connectivity index (χ3v) is 8.93. The number of ketones is 2. The number of ether oxygens (including phenoxy) is 1. The highest BCUT2D eigenvalue weighted by molar-refractivity contribution is 6.24. The molecule has 0 aliphatic heterocycles. The largest absolute Gasteiger partial charge is 0.508 e. The molecule has 0 heterocycles. The molecular weight excluding hydrogens is 506 g/mol. The monoisotopic (exact) mass is 541 g/mol. The van der Waals surface area contributed by atoms with Crippen LogP contribution in [0, 0.1) is 17.8 Å². The van der Waals surface area contributed by atoms with E-state index in [1.165, 1.54) is 37.3 Å². The minimum atomic E-state index is -2.66. The fourth-order valence-corrected chi connectivity index (χ4v) is 6.85. The molecule has 39 heavy (non-hydrogen) atoms. The summed E-state index contributed by atoms with van der Waals surface area (Å²) in [6.07, 6.45) is 3.82. The number of phenolic OH excluding ortho intramolecular Hbond substituents is 1. The first-order valence-corrected chi connectivity index (χ1v) is 13.2. The first-order chi connectivity index (χ1) is 18.4. The van der Waals surface area contributed by atoms with Crippen molar-refractivity contribution in [2.75, 3.05) is 27.7 Å². The maximum Gasteiger partial charge on any atom is 0.255 e. The molecule has 0 saturated heterocycles. The number of amides is 1. The molecule has 0 unspecified atom stereocenters. The van der Waals surface area contributed by atoms with Crippen LogP contribution in [-0.4, -0.2) is 82.2 Å². The quantitative estimate of drug-likeness (QED) is 0.271. The molecule has 0 radical (unpaired) electrons. The Kier molecular flexibility index (Phi) is 6.72. The standard InChI is InChI=1S/C28H35N3O8/c1-31(2)21-16-8-13-7-15-19(17(32)9-14(24(15)39-3)11-30-10-12-5-4-6-12)22(33)18(13)25(35)28(16,38)26(36)20(23(21)34)27(29)37/h9,12-13,16,21,30,32-33,36,38H,4-8,10-11H2,1-3H3,(H2,29,37)/t13-,16-,21-,28-/m0/s1. The number of methoxy groups -OCH3 is 1. The van der Waals surface area contributed by atoms with E-state index < -0.39 is 58.0 Å². The first kappa shape index (κ1) is 27.2. The molecule has 210 valence electrons. The lowest BCUT2D eigenvalue weighted by atomic mass is 9.57. The third kappa shape index (κ3) is 3.94. The number of fused-ring (bicyclic) bond motifs is 3. The van der Waals surface area contributed by atoms with E-state index in [1.54, 1.807) is 14.1 Å². The lowest BCUT2D eigenvalue weighted by molar-refractivity contribution is -0.153. The van der Waals surface area contributed by atoms with Crippen molar-refractivity contribution in [3.63, 3.8) is 0 Å². The lowest BCUT2D eigenvalue weighted by Crippen LogP contribution is -2.65. The number of aliphatic hydroxyl groups is 3. The third-order valence-electron chi connectivity index (χ3n) is 8.93. The molecule has 7 N–H and O–H groups in total. The molecule has 1 aromatic rings. The van der Waals surface area contributed by atoms with Gasteiger partial charge in [0.25, 0.3) is 5.91 Å². The van der Waals surface area contributed by atoms with Crippen LogP contribution in [0.3, 0.4) is 0 Å². The van der Waals surface area contributed by atoms with Gasteiger partial charge in [-0.05, 0) is 64.2 Å². The van der Waals surface area contributed by atoms with Gasteiger partial charge in [0.05, 0.1) is 18.7 Å². The number of aliphatic hydroxyl groups excluding tert-OH is 2. The second-order valence-corrected chi connectivity index (χ2v) is 11.3. The Morgan fingerprint density at radius 2 is 1.92 bits per heavy atom. The molecule has 0 aromatic heterocycles. The number of hydrogen-bond acceptors (Lipinski definition) is 10. The van der Waals surface area contributed by atoms with E-state index in [4.69, 9.17) is 10.5 Å². The van der Waals surface area contributed by atoms with E-state index in [-0.39, 0.29) is 29.7 Å². The zero-order chi connectivity index (χ0) is 28.4. The molecule has 4 aliphatic carbocycles. The number of carbonyl (C=O) groups excluding carboxylic acids is 3. The minimum absolute atomic E-state index is 0.0193. The Bertz CT molecular complexity index is 1330. The lowest BCUT2D eigenvalue weighted by Gasteiger charge is -2.50. The Morgan fingerprint density at radius 3 is 2.49 bits per heavy atom. The van der Waals surface area contributed by atoms with Crippen molar-refractivity contribution in [1.29, 1.82) is 0 Å². The van der Waals surface area contributed by atoms with Crippen molar-refractivity contribution < 1.29 is 39.5 Å². The van der Waals surface area contributed by atoms with Gasteiger partial charge in [0, 0.05) is 29.2 Å². The van der Waals surface area contributed by atoms with Gasteiger partial charge < -0.3 is 36.2 Å². The number of Topliss-reactive ketones (excluding diaryl/α,β-unsaturated/α-hetero) is 2. The van der Waals surface area contributed by atoms with Crippen LogP contribution in [0.1, 0.15) is 42.4 Å². The predicted octanol–water partition coefficient (Wildman–Crippen LogP) is 0.862. The summed E-state index contributed by atoms with van der Waals surface area (Å²) >= 11 is 0. The van der Waals surface area contributed by atoms with Gasteiger partial charge in [0.1, 0.15) is 28.6 Å². The second-order valence-electron chi connectivity index (χ2n) is 11.3. The number of likely N-dealkylation sites (N-methyl/N-ethyl adjacent to an activating group) is 1. The SMILES string of the molecule is COc1c(CNCC2CCC2)cc(O)c2c1C[C@H]1C[C@H]3[C@H](N(C)C)C(=O)C(C(N)=O)=C(O)[C@@]3(O)C(=O)C1=C2O. The maximum atomic E-state index is 13.9. The molecular formula is C28H35N3O8. The van der Waals surface area contributed by atoms with E-state index >= 15 is 0 Å². The smallest absolute Gasteiger partial charge is 0.255 e. The number of nitrogens with zero attached hydrogens (tertiary/aromatic N) is 1. The number of nitrogens with two attached hydrogens (primary N) is 1. The zero-order valence-corrected chi connectivity index (χ0v) is 22.3. The van der Waals surface area contributed by atoms with Crippen molar-refractivity contribution >= 4 is 23.2 Å².